The largest absolute Gasteiger partial charge is 0.373 e. The second-order valence-electron chi connectivity index (χ2n) is 4.90. The average molecular weight is 277 g/mol. The van der Waals surface area contributed by atoms with E-state index in [1.807, 2.05) is 0 Å². The fourth-order valence-corrected chi connectivity index (χ4v) is 2.19. The number of non-ortho nitro benzene ring substituents is 1. The molecular formula is C13H15N3O4. The highest BCUT2D eigenvalue weighted by Gasteiger charge is 2.39. The van der Waals surface area contributed by atoms with Crippen molar-refractivity contribution in [1.29, 1.82) is 0 Å². The quantitative estimate of drug-likeness (QED) is 0.512. The summed E-state index contributed by atoms with van der Waals surface area (Å²) in [5, 5.41) is 13.5. The van der Waals surface area contributed by atoms with Crippen molar-refractivity contribution in [3.8, 4) is 0 Å². The van der Waals surface area contributed by atoms with Crippen LogP contribution in [0.15, 0.2) is 24.3 Å². The molecule has 1 saturated heterocycles. The zero-order chi connectivity index (χ0) is 14.9. The van der Waals surface area contributed by atoms with Crippen LogP contribution in [0.25, 0.3) is 0 Å². The highest BCUT2D eigenvalue weighted by molar-refractivity contribution is 6.07. The Morgan fingerprint density at radius 3 is 2.35 bits per heavy atom. The van der Waals surface area contributed by atoms with Gasteiger partial charge in [0, 0.05) is 23.9 Å². The molecule has 1 aromatic carbocycles. The molecule has 0 saturated carbocycles. The molecule has 1 aliphatic heterocycles. The van der Waals surface area contributed by atoms with Gasteiger partial charge in [-0.3, -0.25) is 24.6 Å². The highest BCUT2D eigenvalue weighted by Crippen LogP contribution is 2.22. The molecule has 0 radical (unpaired) electrons. The van der Waals surface area contributed by atoms with Gasteiger partial charge in [-0.1, -0.05) is 0 Å². The van der Waals surface area contributed by atoms with E-state index in [1.165, 1.54) is 29.2 Å². The Morgan fingerprint density at radius 2 is 1.90 bits per heavy atom. The molecule has 7 nitrogen and oxygen atoms in total. The fraction of sp³-hybridized carbons (Fsp3) is 0.385. The van der Waals surface area contributed by atoms with Crippen molar-refractivity contribution in [2.45, 2.75) is 32.4 Å². The summed E-state index contributed by atoms with van der Waals surface area (Å²) >= 11 is 0. The Bertz CT molecular complexity index is 553. The first-order chi connectivity index (χ1) is 9.40. The Morgan fingerprint density at radius 1 is 1.30 bits per heavy atom. The summed E-state index contributed by atoms with van der Waals surface area (Å²) < 4.78 is 0. The van der Waals surface area contributed by atoms with Gasteiger partial charge in [0.1, 0.15) is 6.04 Å². The first-order valence-electron chi connectivity index (χ1n) is 6.27. The van der Waals surface area contributed by atoms with Crippen molar-refractivity contribution in [2.75, 3.05) is 5.32 Å². The minimum Gasteiger partial charge on any atom is -0.373 e. The van der Waals surface area contributed by atoms with E-state index >= 15 is 0 Å². The number of nitro groups is 1. The van der Waals surface area contributed by atoms with Gasteiger partial charge in [-0.25, -0.2) is 0 Å². The van der Waals surface area contributed by atoms with Gasteiger partial charge >= 0.3 is 0 Å². The molecule has 1 aliphatic rings. The summed E-state index contributed by atoms with van der Waals surface area (Å²) in [6.45, 7) is 3.56. The molecule has 0 aromatic heterocycles. The van der Waals surface area contributed by atoms with Crippen LogP contribution >= 0.6 is 0 Å². The third kappa shape index (κ3) is 2.61. The SMILES string of the molecule is CC(C)N1C(=O)CC(Nc2ccc([N+](=O)[O-])cc2)C1=O. The van der Waals surface area contributed by atoms with E-state index in [9.17, 15) is 19.7 Å². The number of hydrogen-bond acceptors (Lipinski definition) is 5. The second kappa shape index (κ2) is 5.28. The lowest BCUT2D eigenvalue weighted by molar-refractivity contribution is -0.384. The lowest BCUT2D eigenvalue weighted by Crippen LogP contribution is -2.39. The number of imide groups is 1. The smallest absolute Gasteiger partial charge is 0.269 e. The maximum Gasteiger partial charge on any atom is 0.269 e. The number of carbonyl (C=O) groups is 2. The van der Waals surface area contributed by atoms with E-state index in [4.69, 9.17) is 0 Å². The van der Waals surface area contributed by atoms with Crippen LogP contribution in [0, 0.1) is 10.1 Å². The maximum atomic E-state index is 12.1. The standard InChI is InChI=1S/C13H15N3O4/c1-8(2)15-12(17)7-11(13(15)18)14-9-3-5-10(6-4-9)16(19)20/h3-6,8,11,14H,7H2,1-2H3. The van der Waals surface area contributed by atoms with Crippen LogP contribution in [-0.4, -0.2) is 33.7 Å². The van der Waals surface area contributed by atoms with Crippen molar-refractivity contribution < 1.29 is 14.5 Å². The third-order valence-corrected chi connectivity index (χ3v) is 3.12. The number of anilines is 1. The Balaban J connectivity index is 2.09. The van der Waals surface area contributed by atoms with Crippen molar-refractivity contribution in [1.82, 2.24) is 4.90 Å². The van der Waals surface area contributed by atoms with E-state index in [-0.39, 0.29) is 30.0 Å². The molecule has 7 heteroatoms. The number of nitrogens with one attached hydrogen (secondary N) is 1. The fourth-order valence-electron chi connectivity index (χ4n) is 2.19. The van der Waals surface area contributed by atoms with E-state index < -0.39 is 11.0 Å². The van der Waals surface area contributed by atoms with Crippen molar-refractivity contribution in [3.05, 3.63) is 34.4 Å². The molecule has 1 aromatic rings. The van der Waals surface area contributed by atoms with Crippen LogP contribution in [0.3, 0.4) is 0 Å². The number of nitro benzene ring substituents is 1. The van der Waals surface area contributed by atoms with Gasteiger partial charge in [0.15, 0.2) is 0 Å². The predicted octanol–water partition coefficient (Wildman–Crippen LogP) is 1.54. The van der Waals surface area contributed by atoms with E-state index in [1.54, 1.807) is 13.8 Å². The summed E-state index contributed by atoms with van der Waals surface area (Å²) in [4.78, 5) is 35.1. The molecule has 1 unspecified atom stereocenters. The molecule has 2 amide bonds. The second-order valence-corrected chi connectivity index (χ2v) is 4.90. The van der Waals surface area contributed by atoms with Crippen molar-refractivity contribution in [3.63, 3.8) is 0 Å². The molecule has 0 spiro atoms. The molecule has 0 bridgehead atoms. The van der Waals surface area contributed by atoms with Gasteiger partial charge in [-0.15, -0.1) is 0 Å². The van der Waals surface area contributed by atoms with Crippen LogP contribution in [-0.2, 0) is 9.59 Å². The zero-order valence-electron chi connectivity index (χ0n) is 11.2. The van der Waals surface area contributed by atoms with Crippen LogP contribution in [0.5, 0.6) is 0 Å². The lowest BCUT2D eigenvalue weighted by Gasteiger charge is -2.19. The molecule has 0 aliphatic carbocycles. The van der Waals surface area contributed by atoms with Crippen LogP contribution in [0.4, 0.5) is 11.4 Å². The number of amides is 2. The molecule has 1 N–H and O–H groups in total. The molecular weight excluding hydrogens is 262 g/mol. The molecule has 1 heterocycles. The number of carbonyl (C=O) groups excluding carboxylic acids is 2. The monoisotopic (exact) mass is 277 g/mol. The number of benzene rings is 1. The molecule has 1 fully saturated rings. The number of rotatable bonds is 4. The van der Waals surface area contributed by atoms with Gasteiger partial charge in [0.2, 0.25) is 5.91 Å². The highest BCUT2D eigenvalue weighted by atomic mass is 16.6. The van der Waals surface area contributed by atoms with Crippen molar-refractivity contribution in [2.24, 2.45) is 0 Å². The summed E-state index contributed by atoms with van der Waals surface area (Å²) in [5.74, 6) is -0.465. The maximum absolute atomic E-state index is 12.1. The normalized spacial score (nSPS) is 18.8. The van der Waals surface area contributed by atoms with Gasteiger partial charge in [0.25, 0.3) is 11.6 Å². The number of likely N-dealkylation sites (tertiary alicyclic amines) is 1. The summed E-state index contributed by atoms with van der Waals surface area (Å²) in [6.07, 6.45) is 0.105. The van der Waals surface area contributed by atoms with Crippen LogP contribution < -0.4 is 5.32 Å². The first-order valence-corrected chi connectivity index (χ1v) is 6.27. The topological polar surface area (TPSA) is 92.6 Å². The minimum absolute atomic E-state index is 0.0202. The predicted molar refractivity (Wildman–Crippen MR) is 72.1 cm³/mol. The Hall–Kier alpha value is -2.44. The van der Waals surface area contributed by atoms with Crippen LogP contribution in [0.2, 0.25) is 0 Å². The van der Waals surface area contributed by atoms with Gasteiger partial charge < -0.3 is 5.32 Å². The Kier molecular flexibility index (Phi) is 3.69. The van der Waals surface area contributed by atoms with E-state index in [0.29, 0.717) is 5.69 Å². The number of hydrogen-bond donors (Lipinski definition) is 1. The van der Waals surface area contributed by atoms with E-state index in [2.05, 4.69) is 5.32 Å². The molecule has 20 heavy (non-hydrogen) atoms. The summed E-state index contributed by atoms with van der Waals surface area (Å²) in [6, 6.07) is 4.97. The lowest BCUT2D eigenvalue weighted by atomic mass is 10.2. The minimum atomic E-state index is -0.605. The number of nitrogens with zero attached hydrogens (tertiary/aromatic N) is 2. The Labute approximate surface area is 115 Å². The zero-order valence-corrected chi connectivity index (χ0v) is 11.2. The third-order valence-electron chi connectivity index (χ3n) is 3.12. The molecule has 1 atom stereocenters. The van der Waals surface area contributed by atoms with Gasteiger partial charge in [-0.05, 0) is 26.0 Å². The van der Waals surface area contributed by atoms with Gasteiger partial charge in [-0.2, -0.15) is 0 Å². The summed E-state index contributed by atoms with van der Waals surface area (Å²) in [7, 11) is 0. The van der Waals surface area contributed by atoms with Crippen molar-refractivity contribution >= 4 is 23.2 Å². The summed E-state index contributed by atoms with van der Waals surface area (Å²) in [5.41, 5.74) is 0.556. The van der Waals surface area contributed by atoms with E-state index in [0.717, 1.165) is 0 Å². The molecule has 106 valence electrons. The average Bonchev–Trinajstić information content (AvgIpc) is 2.65. The molecule has 2 rings (SSSR count). The van der Waals surface area contributed by atoms with Crippen LogP contribution in [0.1, 0.15) is 20.3 Å². The van der Waals surface area contributed by atoms with Gasteiger partial charge in [0.05, 0.1) is 11.3 Å². The first kappa shape index (κ1) is 14.0.